The SMILES string of the molecule is O=C(Nc1cc(Cl)ccc1-n1cncn1)c1cccc(C(F)(F)F)c1. The molecule has 3 rings (SSSR count). The number of carbonyl (C=O) groups is 1. The maximum atomic E-state index is 12.8. The molecule has 0 fully saturated rings. The third-order valence-electron chi connectivity index (χ3n) is 3.32. The topological polar surface area (TPSA) is 59.8 Å². The number of halogens is 4. The van der Waals surface area contributed by atoms with Crippen LogP contribution in [-0.2, 0) is 6.18 Å². The van der Waals surface area contributed by atoms with Gasteiger partial charge in [0.1, 0.15) is 12.7 Å². The molecular weight excluding hydrogens is 357 g/mol. The summed E-state index contributed by atoms with van der Waals surface area (Å²) in [6.45, 7) is 0. The van der Waals surface area contributed by atoms with E-state index in [1.807, 2.05) is 0 Å². The molecule has 0 saturated heterocycles. The van der Waals surface area contributed by atoms with Gasteiger partial charge < -0.3 is 5.32 Å². The zero-order valence-corrected chi connectivity index (χ0v) is 13.2. The lowest BCUT2D eigenvalue weighted by molar-refractivity contribution is -0.137. The van der Waals surface area contributed by atoms with E-state index >= 15 is 0 Å². The maximum absolute atomic E-state index is 12.8. The fraction of sp³-hybridized carbons (Fsp3) is 0.0625. The number of hydrogen-bond donors (Lipinski definition) is 1. The average Bonchev–Trinajstić information content (AvgIpc) is 3.08. The van der Waals surface area contributed by atoms with Crippen molar-refractivity contribution in [3.63, 3.8) is 0 Å². The lowest BCUT2D eigenvalue weighted by Crippen LogP contribution is -2.15. The number of alkyl halides is 3. The van der Waals surface area contributed by atoms with Gasteiger partial charge in [-0.2, -0.15) is 18.3 Å². The predicted molar refractivity (Wildman–Crippen MR) is 85.8 cm³/mol. The van der Waals surface area contributed by atoms with Gasteiger partial charge in [-0.1, -0.05) is 17.7 Å². The van der Waals surface area contributed by atoms with Crippen LogP contribution in [0.3, 0.4) is 0 Å². The second kappa shape index (κ2) is 6.56. The summed E-state index contributed by atoms with van der Waals surface area (Å²) in [6, 6.07) is 8.84. The maximum Gasteiger partial charge on any atom is 0.416 e. The Labute approximate surface area is 145 Å². The number of anilines is 1. The van der Waals surface area contributed by atoms with Crippen molar-refractivity contribution in [2.24, 2.45) is 0 Å². The van der Waals surface area contributed by atoms with E-state index < -0.39 is 17.6 Å². The summed E-state index contributed by atoms with van der Waals surface area (Å²) in [5, 5.41) is 6.87. The van der Waals surface area contributed by atoms with Gasteiger partial charge in [-0.3, -0.25) is 4.79 Å². The fourth-order valence-electron chi connectivity index (χ4n) is 2.17. The Kier molecular flexibility index (Phi) is 4.45. The van der Waals surface area contributed by atoms with Crippen LogP contribution in [0.5, 0.6) is 0 Å². The molecule has 3 aromatic rings. The van der Waals surface area contributed by atoms with E-state index in [1.54, 1.807) is 12.1 Å². The number of carbonyl (C=O) groups excluding carboxylic acids is 1. The first kappa shape index (κ1) is 17.0. The molecule has 0 unspecified atom stereocenters. The first-order valence-corrected chi connectivity index (χ1v) is 7.35. The van der Waals surface area contributed by atoms with Crippen LogP contribution in [0.1, 0.15) is 15.9 Å². The zero-order valence-electron chi connectivity index (χ0n) is 12.5. The van der Waals surface area contributed by atoms with Crippen molar-refractivity contribution in [1.82, 2.24) is 14.8 Å². The summed E-state index contributed by atoms with van der Waals surface area (Å²) in [4.78, 5) is 16.2. The highest BCUT2D eigenvalue weighted by molar-refractivity contribution is 6.31. The van der Waals surface area contributed by atoms with Crippen LogP contribution in [-0.4, -0.2) is 20.7 Å². The summed E-state index contributed by atoms with van der Waals surface area (Å²) in [5.41, 5.74) is -0.260. The fourth-order valence-corrected chi connectivity index (χ4v) is 2.34. The lowest BCUT2D eigenvalue weighted by Gasteiger charge is -2.12. The first-order chi connectivity index (χ1) is 11.8. The van der Waals surface area contributed by atoms with Gasteiger partial charge in [0.2, 0.25) is 0 Å². The standard InChI is InChI=1S/C16H10ClF3N4O/c17-12-4-5-14(24-9-21-8-22-24)13(7-12)23-15(25)10-2-1-3-11(6-10)16(18,19)20/h1-9H,(H,23,25). The number of benzene rings is 2. The van der Waals surface area contributed by atoms with Gasteiger partial charge in [0, 0.05) is 10.6 Å². The van der Waals surface area contributed by atoms with E-state index in [0.717, 1.165) is 12.1 Å². The van der Waals surface area contributed by atoms with Crippen LogP contribution in [0.25, 0.3) is 5.69 Å². The first-order valence-electron chi connectivity index (χ1n) is 6.98. The molecule has 0 radical (unpaired) electrons. The van der Waals surface area contributed by atoms with E-state index in [0.29, 0.717) is 16.4 Å². The molecule has 1 amide bonds. The molecule has 5 nitrogen and oxygen atoms in total. The number of rotatable bonds is 3. The third-order valence-corrected chi connectivity index (χ3v) is 3.56. The predicted octanol–water partition coefficient (Wildman–Crippen LogP) is 4.19. The number of nitrogens with zero attached hydrogens (tertiary/aromatic N) is 3. The Bertz CT molecular complexity index is 910. The van der Waals surface area contributed by atoms with E-state index in [1.165, 1.54) is 35.5 Å². The van der Waals surface area contributed by atoms with Crippen LogP contribution in [0, 0.1) is 0 Å². The van der Waals surface area contributed by atoms with Crippen molar-refractivity contribution >= 4 is 23.2 Å². The molecule has 0 aliphatic carbocycles. The molecule has 128 valence electrons. The summed E-state index contributed by atoms with van der Waals surface area (Å²) in [6.07, 6.45) is -1.80. The third kappa shape index (κ3) is 3.80. The molecule has 0 spiro atoms. The van der Waals surface area contributed by atoms with Gasteiger partial charge in [0.25, 0.3) is 5.91 Å². The number of amides is 1. The molecule has 0 bridgehead atoms. The summed E-state index contributed by atoms with van der Waals surface area (Å²) in [5.74, 6) is -0.699. The monoisotopic (exact) mass is 366 g/mol. The van der Waals surface area contributed by atoms with Crippen LogP contribution >= 0.6 is 11.6 Å². The molecule has 2 aromatic carbocycles. The molecule has 25 heavy (non-hydrogen) atoms. The normalized spacial score (nSPS) is 11.4. The molecule has 9 heteroatoms. The number of nitrogens with one attached hydrogen (secondary N) is 1. The molecule has 0 atom stereocenters. The van der Waals surface area contributed by atoms with Gasteiger partial charge >= 0.3 is 6.18 Å². The molecule has 1 heterocycles. The van der Waals surface area contributed by atoms with Crippen molar-refractivity contribution in [1.29, 1.82) is 0 Å². The van der Waals surface area contributed by atoms with Gasteiger partial charge in [-0.05, 0) is 36.4 Å². The molecule has 0 aliphatic heterocycles. The van der Waals surface area contributed by atoms with Gasteiger partial charge in [0.15, 0.2) is 0 Å². The minimum absolute atomic E-state index is 0.126. The van der Waals surface area contributed by atoms with E-state index in [9.17, 15) is 18.0 Å². The van der Waals surface area contributed by atoms with Crippen LogP contribution in [0.15, 0.2) is 55.1 Å². The highest BCUT2D eigenvalue weighted by Gasteiger charge is 2.31. The molecule has 1 aromatic heterocycles. The highest BCUT2D eigenvalue weighted by atomic mass is 35.5. The largest absolute Gasteiger partial charge is 0.416 e. The molecular formula is C16H10ClF3N4O. The smallest absolute Gasteiger partial charge is 0.320 e. The Balaban J connectivity index is 1.93. The summed E-state index contributed by atoms with van der Waals surface area (Å²) >= 11 is 5.95. The summed E-state index contributed by atoms with van der Waals surface area (Å²) < 4.78 is 39.8. The van der Waals surface area contributed by atoms with Crippen LogP contribution < -0.4 is 5.32 Å². The minimum Gasteiger partial charge on any atom is -0.320 e. The van der Waals surface area contributed by atoms with Crippen molar-refractivity contribution in [3.8, 4) is 5.69 Å². The quantitative estimate of drug-likeness (QED) is 0.756. The second-order valence-electron chi connectivity index (χ2n) is 5.03. The van der Waals surface area contributed by atoms with Crippen LogP contribution in [0.4, 0.5) is 18.9 Å². The molecule has 0 saturated carbocycles. The highest BCUT2D eigenvalue weighted by Crippen LogP contribution is 2.30. The van der Waals surface area contributed by atoms with Crippen molar-refractivity contribution in [3.05, 3.63) is 71.3 Å². The zero-order chi connectivity index (χ0) is 18.0. The molecule has 0 aliphatic rings. The average molecular weight is 367 g/mol. The second-order valence-corrected chi connectivity index (χ2v) is 5.47. The summed E-state index contributed by atoms with van der Waals surface area (Å²) in [7, 11) is 0. The van der Waals surface area contributed by atoms with Gasteiger partial charge in [-0.25, -0.2) is 9.67 Å². The van der Waals surface area contributed by atoms with Crippen molar-refractivity contribution in [2.75, 3.05) is 5.32 Å². The van der Waals surface area contributed by atoms with Crippen molar-refractivity contribution in [2.45, 2.75) is 6.18 Å². The Morgan fingerprint density at radius 3 is 2.64 bits per heavy atom. The van der Waals surface area contributed by atoms with E-state index in [4.69, 9.17) is 11.6 Å². The van der Waals surface area contributed by atoms with E-state index in [2.05, 4.69) is 15.4 Å². The minimum atomic E-state index is -4.53. The van der Waals surface area contributed by atoms with Crippen molar-refractivity contribution < 1.29 is 18.0 Å². The Morgan fingerprint density at radius 2 is 1.96 bits per heavy atom. The number of hydrogen-bond acceptors (Lipinski definition) is 3. The Morgan fingerprint density at radius 1 is 1.16 bits per heavy atom. The molecule has 1 N–H and O–H groups in total. The van der Waals surface area contributed by atoms with E-state index in [-0.39, 0.29) is 5.56 Å². The number of aromatic nitrogens is 3. The lowest BCUT2D eigenvalue weighted by atomic mass is 10.1. The van der Waals surface area contributed by atoms with Crippen LogP contribution in [0.2, 0.25) is 5.02 Å². The Hall–Kier alpha value is -2.87. The van der Waals surface area contributed by atoms with Gasteiger partial charge in [-0.15, -0.1) is 0 Å². The van der Waals surface area contributed by atoms with Gasteiger partial charge in [0.05, 0.1) is 16.9 Å².